The van der Waals surface area contributed by atoms with Gasteiger partial charge in [-0.2, -0.15) is 10.4 Å². The number of allylic oxidation sites excluding steroid dienone is 1. The molecule has 0 amide bonds. The molecule has 0 atom stereocenters. The Hall–Kier alpha value is -2.28. The normalized spacial score (nSPS) is 12.0. The molecule has 6 nitrogen and oxygen atoms in total. The Balaban J connectivity index is 2.00. The Morgan fingerprint density at radius 3 is 2.50 bits per heavy atom. The van der Waals surface area contributed by atoms with E-state index in [2.05, 4.69) is 41.9 Å². The monoisotopic (exact) mass is 492 g/mol. The average Bonchev–Trinajstić information content (AvgIpc) is 3.16. The Kier molecular flexibility index (Phi) is 5.36. The second-order valence-corrected chi connectivity index (χ2v) is 8.79. The molecule has 3 rings (SSSR count). The zero-order chi connectivity index (χ0) is 18.7. The number of rotatable bonds is 4. The molecule has 130 valence electrons. The molecule has 26 heavy (non-hydrogen) atoms. The molecule has 2 aromatic carbocycles. The first-order valence-electron chi connectivity index (χ1n) is 7.19. The van der Waals surface area contributed by atoms with E-state index in [0.717, 1.165) is 5.69 Å². The summed E-state index contributed by atoms with van der Waals surface area (Å²) in [5.74, 6) is 0. The van der Waals surface area contributed by atoms with Gasteiger partial charge in [0.05, 0.1) is 10.6 Å². The molecule has 0 unspecified atom stereocenters. The smallest absolute Gasteiger partial charge is 0.217 e. The highest BCUT2D eigenvalue weighted by Crippen LogP contribution is 2.30. The van der Waals surface area contributed by atoms with E-state index < -0.39 is 9.84 Å². The van der Waals surface area contributed by atoms with Crippen molar-refractivity contribution in [1.29, 1.82) is 5.26 Å². The lowest BCUT2D eigenvalue weighted by Crippen LogP contribution is -2.04. The first kappa shape index (κ1) is 18.5. The zero-order valence-electron chi connectivity index (χ0n) is 13.0. The maximum Gasteiger partial charge on any atom is 0.217 e. The van der Waals surface area contributed by atoms with E-state index in [-0.39, 0.29) is 9.80 Å². The number of halogens is 2. The first-order valence-corrected chi connectivity index (χ1v) is 10.3. The summed E-state index contributed by atoms with van der Waals surface area (Å²) in [7, 11) is -3.96. The molecule has 0 fully saturated rings. The molecule has 1 aromatic heterocycles. The Bertz CT molecular complexity index is 1120. The van der Waals surface area contributed by atoms with Crippen LogP contribution in [0.1, 0.15) is 5.56 Å². The standard InChI is InChI=1S/C17H10Br2N4O2S/c18-13-3-6-16(19)17(8-13)26(24,25)15(9-20)7-12-1-4-14(5-2-12)23-11-21-10-22-23/h1-8,10-11H/b15-7+. The third-order valence-electron chi connectivity index (χ3n) is 3.46. The van der Waals surface area contributed by atoms with Gasteiger partial charge >= 0.3 is 0 Å². The molecule has 0 bridgehead atoms. The van der Waals surface area contributed by atoms with Crippen molar-refractivity contribution in [2.45, 2.75) is 4.90 Å². The molecule has 3 aromatic rings. The van der Waals surface area contributed by atoms with Gasteiger partial charge in [0.25, 0.3) is 0 Å². The Morgan fingerprint density at radius 1 is 1.15 bits per heavy atom. The second-order valence-electron chi connectivity index (χ2n) is 5.13. The minimum Gasteiger partial charge on any atom is -0.223 e. The van der Waals surface area contributed by atoms with Gasteiger partial charge in [0.15, 0.2) is 0 Å². The molecule has 1 heterocycles. The van der Waals surface area contributed by atoms with Crippen molar-refractivity contribution < 1.29 is 8.42 Å². The Morgan fingerprint density at radius 2 is 1.88 bits per heavy atom. The Labute approximate surface area is 167 Å². The van der Waals surface area contributed by atoms with Crippen molar-refractivity contribution in [3.8, 4) is 11.8 Å². The SMILES string of the molecule is N#C/C(=C\c1ccc(-n2cncn2)cc1)S(=O)(=O)c1cc(Br)ccc1Br. The van der Waals surface area contributed by atoms with Crippen LogP contribution in [-0.2, 0) is 9.84 Å². The highest BCUT2D eigenvalue weighted by molar-refractivity contribution is 9.11. The fraction of sp³-hybridized carbons (Fsp3) is 0. The highest BCUT2D eigenvalue weighted by atomic mass is 79.9. The lowest BCUT2D eigenvalue weighted by Gasteiger charge is -2.07. The van der Waals surface area contributed by atoms with Gasteiger partial charge < -0.3 is 0 Å². The van der Waals surface area contributed by atoms with Crippen LogP contribution < -0.4 is 0 Å². The minimum absolute atomic E-state index is 0.0268. The van der Waals surface area contributed by atoms with Crippen LogP contribution in [-0.4, -0.2) is 23.2 Å². The molecule has 0 saturated carbocycles. The summed E-state index contributed by atoms with van der Waals surface area (Å²) in [6.07, 6.45) is 4.32. The number of hydrogen-bond acceptors (Lipinski definition) is 5. The van der Waals surface area contributed by atoms with E-state index in [1.807, 2.05) is 0 Å². The summed E-state index contributed by atoms with van der Waals surface area (Å²) in [5.41, 5.74) is 1.36. The number of nitrogens with zero attached hydrogens (tertiary/aromatic N) is 4. The molecule has 0 aliphatic carbocycles. The van der Waals surface area contributed by atoms with Crippen LogP contribution in [0.2, 0.25) is 0 Å². The lowest BCUT2D eigenvalue weighted by molar-refractivity contribution is 0.603. The molecule has 0 spiro atoms. The third kappa shape index (κ3) is 3.77. The number of nitriles is 1. The molecular formula is C17H10Br2N4O2S. The van der Waals surface area contributed by atoms with Gasteiger partial charge in [0.2, 0.25) is 9.84 Å². The predicted molar refractivity (Wildman–Crippen MR) is 104 cm³/mol. The highest BCUT2D eigenvalue weighted by Gasteiger charge is 2.23. The number of aromatic nitrogens is 3. The van der Waals surface area contributed by atoms with Gasteiger partial charge in [-0.15, -0.1) is 0 Å². The topological polar surface area (TPSA) is 88.6 Å². The van der Waals surface area contributed by atoms with Crippen LogP contribution in [0.25, 0.3) is 11.8 Å². The summed E-state index contributed by atoms with van der Waals surface area (Å²) >= 11 is 6.48. The van der Waals surface area contributed by atoms with E-state index in [9.17, 15) is 13.7 Å². The van der Waals surface area contributed by atoms with Crippen LogP contribution >= 0.6 is 31.9 Å². The number of benzene rings is 2. The van der Waals surface area contributed by atoms with Gasteiger partial charge in [0.1, 0.15) is 23.6 Å². The van der Waals surface area contributed by atoms with Crippen molar-refractivity contribution >= 4 is 47.8 Å². The molecule has 9 heteroatoms. The molecular weight excluding hydrogens is 484 g/mol. The van der Waals surface area contributed by atoms with Crippen LogP contribution in [0.15, 0.2) is 73.9 Å². The van der Waals surface area contributed by atoms with Crippen LogP contribution in [0.3, 0.4) is 0 Å². The van der Waals surface area contributed by atoms with E-state index >= 15 is 0 Å². The summed E-state index contributed by atoms with van der Waals surface area (Å²) < 4.78 is 28.2. The van der Waals surface area contributed by atoms with Gasteiger partial charge in [0, 0.05) is 8.95 Å². The zero-order valence-corrected chi connectivity index (χ0v) is 17.0. The number of hydrogen-bond donors (Lipinski definition) is 0. The van der Waals surface area contributed by atoms with Gasteiger partial charge in [-0.1, -0.05) is 28.1 Å². The lowest BCUT2D eigenvalue weighted by atomic mass is 10.2. The average molecular weight is 494 g/mol. The summed E-state index contributed by atoms with van der Waals surface area (Å²) in [6, 6.07) is 13.5. The molecule has 0 radical (unpaired) electrons. The second kappa shape index (κ2) is 7.53. The van der Waals surface area contributed by atoms with Crippen LogP contribution in [0, 0.1) is 11.3 Å². The fourth-order valence-corrected chi connectivity index (χ4v) is 4.84. The van der Waals surface area contributed by atoms with E-state index in [1.165, 1.54) is 18.5 Å². The van der Waals surface area contributed by atoms with Gasteiger partial charge in [-0.3, -0.25) is 0 Å². The van der Waals surface area contributed by atoms with Crippen molar-refractivity contribution in [1.82, 2.24) is 14.8 Å². The van der Waals surface area contributed by atoms with Crippen LogP contribution in [0.4, 0.5) is 0 Å². The van der Waals surface area contributed by atoms with E-state index in [0.29, 0.717) is 14.5 Å². The number of sulfone groups is 1. The molecule has 0 aliphatic heterocycles. The first-order chi connectivity index (χ1) is 12.4. The van der Waals surface area contributed by atoms with Gasteiger partial charge in [-0.05, 0) is 57.9 Å². The van der Waals surface area contributed by atoms with Crippen molar-refractivity contribution in [3.63, 3.8) is 0 Å². The summed E-state index contributed by atoms with van der Waals surface area (Å²) in [5, 5.41) is 13.4. The van der Waals surface area contributed by atoms with E-state index in [1.54, 1.807) is 53.5 Å². The fourth-order valence-electron chi connectivity index (χ4n) is 2.19. The molecule has 0 N–H and O–H groups in total. The van der Waals surface area contributed by atoms with Crippen molar-refractivity contribution in [3.05, 3.63) is 74.5 Å². The largest absolute Gasteiger partial charge is 0.223 e. The molecule has 0 saturated heterocycles. The minimum atomic E-state index is -3.96. The summed E-state index contributed by atoms with van der Waals surface area (Å²) in [6.45, 7) is 0. The maximum absolute atomic E-state index is 12.8. The maximum atomic E-state index is 12.8. The third-order valence-corrected chi connectivity index (χ3v) is 6.61. The van der Waals surface area contributed by atoms with Crippen molar-refractivity contribution in [2.75, 3.05) is 0 Å². The van der Waals surface area contributed by atoms with E-state index in [4.69, 9.17) is 0 Å². The summed E-state index contributed by atoms with van der Waals surface area (Å²) in [4.78, 5) is 3.56. The predicted octanol–water partition coefficient (Wildman–Crippen LogP) is 4.13. The van der Waals surface area contributed by atoms with Gasteiger partial charge in [-0.25, -0.2) is 18.1 Å². The van der Waals surface area contributed by atoms with Crippen molar-refractivity contribution in [2.24, 2.45) is 0 Å². The molecule has 0 aliphatic rings. The van der Waals surface area contributed by atoms with Crippen LogP contribution in [0.5, 0.6) is 0 Å². The quantitative estimate of drug-likeness (QED) is 0.510.